The lowest BCUT2D eigenvalue weighted by Crippen LogP contribution is -2.48. The van der Waals surface area contributed by atoms with Crippen molar-refractivity contribution < 1.29 is 13.2 Å². The van der Waals surface area contributed by atoms with E-state index in [0.29, 0.717) is 18.7 Å². The lowest BCUT2D eigenvalue weighted by molar-refractivity contribution is 0.0628. The van der Waals surface area contributed by atoms with Crippen LogP contribution in [0.2, 0.25) is 0 Å². The van der Waals surface area contributed by atoms with Crippen molar-refractivity contribution in [1.29, 1.82) is 0 Å². The van der Waals surface area contributed by atoms with Gasteiger partial charge in [0, 0.05) is 52.4 Å². The van der Waals surface area contributed by atoms with Crippen molar-refractivity contribution in [2.45, 2.75) is 18.4 Å². The van der Waals surface area contributed by atoms with E-state index in [9.17, 15) is 13.2 Å². The van der Waals surface area contributed by atoms with Crippen molar-refractivity contribution >= 4 is 15.9 Å². The van der Waals surface area contributed by atoms with E-state index in [1.54, 1.807) is 17.0 Å². The molecule has 0 aliphatic carbocycles. The van der Waals surface area contributed by atoms with Gasteiger partial charge in [-0.05, 0) is 36.2 Å². The first-order valence-electron chi connectivity index (χ1n) is 9.38. The molecule has 0 bridgehead atoms. The topological polar surface area (TPSA) is 60.9 Å². The summed E-state index contributed by atoms with van der Waals surface area (Å²) in [7, 11) is -0.589. The minimum Gasteiger partial charge on any atom is -0.336 e. The number of piperazine rings is 1. The Labute approximate surface area is 167 Å². The van der Waals surface area contributed by atoms with Gasteiger partial charge in [0.05, 0.1) is 4.90 Å². The van der Waals surface area contributed by atoms with Crippen LogP contribution in [0.3, 0.4) is 0 Å². The Bertz CT molecular complexity index is 949. The Morgan fingerprint density at radius 1 is 1.00 bits per heavy atom. The summed E-state index contributed by atoms with van der Waals surface area (Å²) in [6, 6.07) is 14.6. The molecular formula is C21H27N3O3S. The number of benzene rings is 2. The second-order valence-electron chi connectivity index (χ2n) is 7.31. The van der Waals surface area contributed by atoms with Crippen LogP contribution >= 0.6 is 0 Å². The smallest absolute Gasteiger partial charge is 0.253 e. The van der Waals surface area contributed by atoms with E-state index in [4.69, 9.17) is 0 Å². The molecule has 2 aromatic carbocycles. The van der Waals surface area contributed by atoms with Gasteiger partial charge in [-0.1, -0.05) is 30.3 Å². The van der Waals surface area contributed by atoms with E-state index in [1.807, 2.05) is 6.07 Å². The molecule has 28 heavy (non-hydrogen) atoms. The Hall–Kier alpha value is -2.22. The monoisotopic (exact) mass is 401 g/mol. The predicted octanol–water partition coefficient (Wildman–Crippen LogP) is 2.20. The maximum atomic E-state index is 12.9. The fraction of sp³-hybridized carbons (Fsp3) is 0.381. The number of aryl methyl sites for hydroxylation is 1. The van der Waals surface area contributed by atoms with Gasteiger partial charge in [-0.2, -0.15) is 0 Å². The van der Waals surface area contributed by atoms with Gasteiger partial charge in [0.15, 0.2) is 0 Å². The summed E-state index contributed by atoms with van der Waals surface area (Å²) in [5, 5.41) is 0. The van der Waals surface area contributed by atoms with Crippen LogP contribution in [0.15, 0.2) is 53.4 Å². The zero-order valence-electron chi connectivity index (χ0n) is 16.6. The fourth-order valence-corrected chi connectivity index (χ4v) is 4.27. The Kier molecular flexibility index (Phi) is 6.17. The Balaban J connectivity index is 1.65. The SMILES string of the molecule is Cc1ccccc1CN1CCN(C(=O)c2cccc(S(=O)(=O)N(C)C)c2)CC1. The molecule has 0 atom stereocenters. The number of hydrogen-bond donors (Lipinski definition) is 0. The summed E-state index contributed by atoms with van der Waals surface area (Å²) < 4.78 is 25.8. The van der Waals surface area contributed by atoms with E-state index < -0.39 is 10.0 Å². The largest absolute Gasteiger partial charge is 0.336 e. The first-order chi connectivity index (χ1) is 13.3. The lowest BCUT2D eigenvalue weighted by atomic mass is 10.1. The van der Waals surface area contributed by atoms with Gasteiger partial charge in [-0.15, -0.1) is 0 Å². The number of carbonyl (C=O) groups is 1. The van der Waals surface area contributed by atoms with E-state index in [0.717, 1.165) is 23.9 Å². The second-order valence-corrected chi connectivity index (χ2v) is 9.46. The number of carbonyl (C=O) groups excluding carboxylic acids is 1. The lowest BCUT2D eigenvalue weighted by Gasteiger charge is -2.35. The highest BCUT2D eigenvalue weighted by Crippen LogP contribution is 2.18. The molecule has 1 fully saturated rings. The summed E-state index contributed by atoms with van der Waals surface area (Å²) in [5.41, 5.74) is 3.00. The van der Waals surface area contributed by atoms with Gasteiger partial charge >= 0.3 is 0 Å². The molecule has 0 aromatic heterocycles. The molecule has 7 heteroatoms. The maximum absolute atomic E-state index is 12.9. The van der Waals surface area contributed by atoms with Crippen molar-refractivity contribution in [2.24, 2.45) is 0 Å². The minimum absolute atomic E-state index is 0.119. The highest BCUT2D eigenvalue weighted by atomic mass is 32.2. The molecule has 0 radical (unpaired) electrons. The van der Waals surface area contributed by atoms with E-state index >= 15 is 0 Å². The predicted molar refractivity (Wildman–Crippen MR) is 110 cm³/mol. The van der Waals surface area contributed by atoms with Crippen molar-refractivity contribution in [3.63, 3.8) is 0 Å². The first-order valence-corrected chi connectivity index (χ1v) is 10.8. The maximum Gasteiger partial charge on any atom is 0.253 e. The summed E-state index contributed by atoms with van der Waals surface area (Å²) in [6.45, 7) is 5.87. The molecule has 150 valence electrons. The minimum atomic E-state index is -3.56. The van der Waals surface area contributed by atoms with Gasteiger partial charge in [-0.3, -0.25) is 9.69 Å². The van der Waals surface area contributed by atoms with E-state index in [2.05, 4.69) is 30.0 Å². The van der Waals surface area contributed by atoms with Crippen molar-refractivity contribution in [2.75, 3.05) is 40.3 Å². The van der Waals surface area contributed by atoms with Crippen molar-refractivity contribution in [3.8, 4) is 0 Å². The van der Waals surface area contributed by atoms with Crippen LogP contribution < -0.4 is 0 Å². The molecule has 1 heterocycles. The number of amides is 1. The molecule has 2 aromatic rings. The fourth-order valence-electron chi connectivity index (χ4n) is 3.32. The van der Waals surface area contributed by atoms with Crippen LogP contribution in [0.1, 0.15) is 21.5 Å². The van der Waals surface area contributed by atoms with Gasteiger partial charge in [0.2, 0.25) is 10.0 Å². The summed E-state index contributed by atoms with van der Waals surface area (Å²) in [6.07, 6.45) is 0. The molecule has 6 nitrogen and oxygen atoms in total. The van der Waals surface area contributed by atoms with E-state index in [-0.39, 0.29) is 10.8 Å². The Morgan fingerprint density at radius 2 is 1.68 bits per heavy atom. The van der Waals surface area contributed by atoms with Crippen LogP contribution in [0.25, 0.3) is 0 Å². The highest BCUT2D eigenvalue weighted by molar-refractivity contribution is 7.89. The summed E-state index contributed by atoms with van der Waals surface area (Å²) in [4.78, 5) is 17.2. The second kappa shape index (κ2) is 8.43. The number of nitrogens with zero attached hydrogens (tertiary/aromatic N) is 3. The van der Waals surface area contributed by atoms with Crippen LogP contribution in [0.5, 0.6) is 0 Å². The molecule has 1 amide bonds. The average molecular weight is 402 g/mol. The molecule has 0 unspecified atom stereocenters. The summed E-state index contributed by atoms with van der Waals surface area (Å²) >= 11 is 0. The quantitative estimate of drug-likeness (QED) is 0.771. The third-order valence-electron chi connectivity index (χ3n) is 5.17. The molecule has 0 N–H and O–H groups in total. The van der Waals surface area contributed by atoms with Gasteiger partial charge < -0.3 is 4.90 Å². The van der Waals surface area contributed by atoms with Gasteiger partial charge in [0.25, 0.3) is 5.91 Å². The molecule has 0 saturated carbocycles. The molecule has 0 spiro atoms. The van der Waals surface area contributed by atoms with Crippen LogP contribution in [0.4, 0.5) is 0 Å². The standard InChI is InChI=1S/C21H27N3O3S/c1-17-7-4-5-8-19(17)16-23-11-13-24(14-12-23)21(25)18-9-6-10-20(15-18)28(26,27)22(2)3/h4-10,15H,11-14,16H2,1-3H3. The normalized spacial score (nSPS) is 15.8. The molecular weight excluding hydrogens is 374 g/mol. The highest BCUT2D eigenvalue weighted by Gasteiger charge is 2.24. The molecule has 1 saturated heterocycles. The van der Waals surface area contributed by atoms with Crippen LogP contribution in [-0.4, -0.2) is 68.7 Å². The zero-order chi connectivity index (χ0) is 20.3. The third kappa shape index (κ3) is 4.43. The van der Waals surface area contributed by atoms with Crippen LogP contribution in [-0.2, 0) is 16.6 Å². The third-order valence-corrected chi connectivity index (χ3v) is 6.99. The Morgan fingerprint density at radius 3 is 2.32 bits per heavy atom. The zero-order valence-corrected chi connectivity index (χ0v) is 17.4. The number of hydrogen-bond acceptors (Lipinski definition) is 4. The van der Waals surface area contributed by atoms with Crippen molar-refractivity contribution in [1.82, 2.24) is 14.1 Å². The van der Waals surface area contributed by atoms with Gasteiger partial charge in [-0.25, -0.2) is 12.7 Å². The average Bonchev–Trinajstić information content (AvgIpc) is 2.70. The molecule has 3 rings (SSSR count). The first kappa shape index (κ1) is 20.5. The van der Waals surface area contributed by atoms with E-state index in [1.165, 1.54) is 37.4 Å². The van der Waals surface area contributed by atoms with Crippen LogP contribution in [0, 0.1) is 6.92 Å². The molecule has 1 aliphatic rings. The summed E-state index contributed by atoms with van der Waals surface area (Å²) in [5.74, 6) is -0.119. The number of sulfonamides is 1. The number of rotatable bonds is 5. The molecule has 1 aliphatic heterocycles. The van der Waals surface area contributed by atoms with Crippen molar-refractivity contribution in [3.05, 3.63) is 65.2 Å². The van der Waals surface area contributed by atoms with Gasteiger partial charge in [0.1, 0.15) is 0 Å².